The van der Waals surface area contributed by atoms with Crippen molar-refractivity contribution in [1.82, 2.24) is 15.5 Å². The number of carbonyl (C=O) groups is 4. The van der Waals surface area contributed by atoms with Gasteiger partial charge in [-0.05, 0) is 38.0 Å². The van der Waals surface area contributed by atoms with Crippen molar-refractivity contribution in [3.63, 3.8) is 0 Å². The molecule has 3 amide bonds. The summed E-state index contributed by atoms with van der Waals surface area (Å²) in [6.07, 6.45) is 27.7. The highest BCUT2D eigenvalue weighted by atomic mass is 16.5. The largest absolute Gasteiger partial charge is 0.481 e. The lowest BCUT2D eigenvalue weighted by Crippen LogP contribution is -2.70. The van der Waals surface area contributed by atoms with Crippen LogP contribution >= 0.6 is 0 Å². The predicted molar refractivity (Wildman–Crippen MR) is 250 cm³/mol. The Labute approximate surface area is 377 Å². The molecule has 1 fully saturated rings. The molecular weight excluding hydrogens is 787 g/mol. The Morgan fingerprint density at radius 3 is 1.44 bits per heavy atom. The second-order valence-electron chi connectivity index (χ2n) is 18.8. The van der Waals surface area contributed by atoms with Gasteiger partial charge in [-0.1, -0.05) is 188 Å². The van der Waals surface area contributed by atoms with Gasteiger partial charge in [0.1, 0.15) is 30.4 Å². The number of hydrogen-bond donors (Lipinski definition) is 6. The van der Waals surface area contributed by atoms with Gasteiger partial charge in [-0.2, -0.15) is 0 Å². The van der Waals surface area contributed by atoms with E-state index in [0.29, 0.717) is 57.9 Å². The van der Waals surface area contributed by atoms with Gasteiger partial charge in [-0.15, -0.1) is 0 Å². The quantitative estimate of drug-likeness (QED) is 0.0325. The summed E-state index contributed by atoms with van der Waals surface area (Å²) in [4.78, 5) is 53.5. The van der Waals surface area contributed by atoms with Gasteiger partial charge in [0.2, 0.25) is 17.7 Å². The van der Waals surface area contributed by atoms with Gasteiger partial charge in [0, 0.05) is 25.8 Å². The molecule has 364 valence electrons. The molecule has 62 heavy (non-hydrogen) atoms. The Balaban J connectivity index is 2.95. The lowest BCUT2D eigenvalue weighted by atomic mass is 9.93. The number of carboxylic acids is 1. The van der Waals surface area contributed by atoms with E-state index in [1.807, 2.05) is 13.8 Å². The summed E-state index contributed by atoms with van der Waals surface area (Å²) in [5.41, 5.74) is 0. The summed E-state index contributed by atoms with van der Waals surface area (Å²) in [6, 6.07) is -2.13. The van der Waals surface area contributed by atoms with Gasteiger partial charge in [0.25, 0.3) is 0 Å². The molecule has 0 unspecified atom stereocenters. The number of unbranched alkanes of at least 4 members (excludes halogenated alkanes) is 26. The van der Waals surface area contributed by atoms with Crippen LogP contribution in [0, 0.1) is 5.92 Å². The smallest absolute Gasteiger partial charge is 0.303 e. The first-order chi connectivity index (χ1) is 30.0. The molecule has 12 nitrogen and oxygen atoms in total. The zero-order valence-corrected chi connectivity index (χ0v) is 40.1. The molecule has 0 aromatic heterocycles. The molecule has 1 heterocycles. The minimum atomic E-state index is -1.54. The minimum absolute atomic E-state index is 0.0408. The number of amides is 3. The van der Waals surface area contributed by atoms with Crippen molar-refractivity contribution in [2.75, 3.05) is 13.2 Å². The van der Waals surface area contributed by atoms with E-state index in [9.17, 15) is 34.5 Å². The predicted octanol–water partition coefficient (Wildman–Crippen LogP) is 9.88. The molecule has 0 aromatic carbocycles. The number of rotatable bonds is 41. The van der Waals surface area contributed by atoms with Crippen LogP contribution in [0.3, 0.4) is 0 Å². The Kier molecular flexibility index (Phi) is 35.4. The minimum Gasteiger partial charge on any atom is -0.481 e. The topological polar surface area (TPSA) is 186 Å². The van der Waals surface area contributed by atoms with Gasteiger partial charge < -0.3 is 40.7 Å². The second-order valence-corrected chi connectivity index (χ2v) is 18.8. The SMILES string of the molecule is CCCCCCCCCCCCCCCCCCN(C(=O)CCCCCCCCCCC)[C@@H]1O[C@H](CO)[C@@H](O)[C@H](O)[C@@H]1NC(=O)[C@H](CC(C)C)NC(=O)CCCCCCC(=O)O. The van der Waals surface area contributed by atoms with E-state index < -0.39 is 55.1 Å². The van der Waals surface area contributed by atoms with Crippen LogP contribution in [0.25, 0.3) is 0 Å². The summed E-state index contributed by atoms with van der Waals surface area (Å²) in [5, 5.41) is 47.3. The standard InChI is InChI=1S/C50H95N3O9/c1-5-7-9-11-13-15-16-17-18-19-20-21-23-25-29-33-37-53(44(56)35-31-26-24-22-14-12-10-8-6-2)50-46(48(60)47(59)42(39-54)62-50)52-49(61)41(38-40(3)4)51-43(55)34-30-27-28-32-36-45(57)58/h40-42,46-48,50,54,59-60H,5-39H2,1-4H3,(H,51,55)(H,52,61)(H,57,58)/t41-,42+,46-,47+,48+,50+/m0/s1. The van der Waals surface area contributed by atoms with E-state index in [0.717, 1.165) is 38.5 Å². The van der Waals surface area contributed by atoms with Crippen molar-refractivity contribution in [1.29, 1.82) is 0 Å². The van der Waals surface area contributed by atoms with Gasteiger partial charge in [-0.3, -0.25) is 19.2 Å². The highest BCUT2D eigenvalue weighted by Crippen LogP contribution is 2.26. The second kappa shape index (κ2) is 38.0. The van der Waals surface area contributed by atoms with E-state index in [-0.39, 0.29) is 30.6 Å². The van der Waals surface area contributed by atoms with E-state index in [4.69, 9.17) is 9.84 Å². The third-order valence-electron chi connectivity index (χ3n) is 12.5. The average Bonchev–Trinajstić information content (AvgIpc) is 3.24. The van der Waals surface area contributed by atoms with Crippen LogP contribution in [0.1, 0.15) is 240 Å². The monoisotopic (exact) mass is 882 g/mol. The third kappa shape index (κ3) is 27.8. The van der Waals surface area contributed by atoms with Gasteiger partial charge >= 0.3 is 5.97 Å². The van der Waals surface area contributed by atoms with E-state index >= 15 is 0 Å². The lowest BCUT2D eigenvalue weighted by molar-refractivity contribution is -0.231. The van der Waals surface area contributed by atoms with Crippen LogP contribution in [0.15, 0.2) is 0 Å². The van der Waals surface area contributed by atoms with Crippen LogP contribution in [0.5, 0.6) is 0 Å². The first-order valence-corrected chi connectivity index (χ1v) is 25.7. The maximum absolute atomic E-state index is 14.1. The number of ether oxygens (including phenoxy) is 1. The molecular formula is C50H95N3O9. The van der Waals surface area contributed by atoms with Crippen molar-refractivity contribution < 1.29 is 44.3 Å². The number of carboxylic acid groups (broad SMARTS) is 1. The summed E-state index contributed by atoms with van der Waals surface area (Å²) < 4.78 is 6.23. The highest BCUT2D eigenvalue weighted by molar-refractivity contribution is 5.88. The number of aliphatic hydroxyl groups is 3. The Morgan fingerprint density at radius 1 is 0.581 bits per heavy atom. The van der Waals surface area contributed by atoms with Crippen molar-refractivity contribution in [2.45, 2.75) is 276 Å². The fourth-order valence-electron chi connectivity index (χ4n) is 8.62. The number of aliphatic hydroxyl groups excluding tert-OH is 3. The fourth-order valence-corrected chi connectivity index (χ4v) is 8.62. The highest BCUT2D eigenvalue weighted by Gasteiger charge is 2.48. The van der Waals surface area contributed by atoms with Crippen molar-refractivity contribution >= 4 is 23.7 Å². The maximum Gasteiger partial charge on any atom is 0.303 e. The molecule has 0 radical (unpaired) electrons. The van der Waals surface area contributed by atoms with Gasteiger partial charge in [-0.25, -0.2) is 0 Å². The Morgan fingerprint density at radius 2 is 1.00 bits per heavy atom. The summed E-state index contributed by atoms with van der Waals surface area (Å²) >= 11 is 0. The number of nitrogens with one attached hydrogen (secondary N) is 2. The van der Waals surface area contributed by atoms with Crippen LogP contribution in [-0.4, -0.2) is 98.8 Å². The van der Waals surface area contributed by atoms with Crippen LogP contribution in [0.2, 0.25) is 0 Å². The number of carbonyl (C=O) groups excluding carboxylic acids is 3. The van der Waals surface area contributed by atoms with Crippen molar-refractivity contribution in [3.05, 3.63) is 0 Å². The molecule has 6 N–H and O–H groups in total. The van der Waals surface area contributed by atoms with Gasteiger partial charge in [0.05, 0.1) is 6.61 Å². The maximum atomic E-state index is 14.1. The number of nitrogens with zero attached hydrogens (tertiary/aromatic N) is 1. The molecule has 0 aliphatic carbocycles. The molecule has 12 heteroatoms. The molecule has 1 aliphatic heterocycles. The molecule has 0 saturated carbocycles. The fraction of sp³-hybridized carbons (Fsp3) is 0.920. The Hall–Kier alpha value is -2.28. The van der Waals surface area contributed by atoms with E-state index in [1.54, 1.807) is 4.90 Å². The van der Waals surface area contributed by atoms with Crippen molar-refractivity contribution in [3.8, 4) is 0 Å². The van der Waals surface area contributed by atoms with Crippen LogP contribution in [0.4, 0.5) is 0 Å². The normalized spacial score (nSPS) is 19.4. The summed E-state index contributed by atoms with van der Waals surface area (Å²) in [5.74, 6) is -1.79. The van der Waals surface area contributed by atoms with Crippen LogP contribution < -0.4 is 10.6 Å². The molecule has 1 aliphatic rings. The van der Waals surface area contributed by atoms with Gasteiger partial charge in [0.15, 0.2) is 6.23 Å². The zero-order chi connectivity index (χ0) is 45.8. The van der Waals surface area contributed by atoms with E-state index in [2.05, 4.69) is 24.5 Å². The first-order valence-electron chi connectivity index (χ1n) is 25.7. The van der Waals surface area contributed by atoms with Crippen LogP contribution in [-0.2, 0) is 23.9 Å². The third-order valence-corrected chi connectivity index (χ3v) is 12.5. The van der Waals surface area contributed by atoms with Crippen molar-refractivity contribution in [2.24, 2.45) is 5.92 Å². The first kappa shape index (κ1) is 57.7. The average molecular weight is 882 g/mol. The van der Waals surface area contributed by atoms with E-state index in [1.165, 1.54) is 109 Å². The molecule has 6 atom stereocenters. The summed E-state index contributed by atoms with van der Waals surface area (Å²) in [7, 11) is 0. The molecule has 1 rings (SSSR count). The lowest BCUT2D eigenvalue weighted by Gasteiger charge is -2.47. The Bertz CT molecular complexity index is 1140. The summed E-state index contributed by atoms with van der Waals surface area (Å²) in [6.45, 7) is 8.14. The number of hydrogen-bond acceptors (Lipinski definition) is 8. The molecule has 0 aromatic rings. The molecule has 1 saturated heterocycles. The number of aliphatic carboxylic acids is 1. The molecule has 0 spiro atoms. The zero-order valence-electron chi connectivity index (χ0n) is 40.1. The molecule has 0 bridgehead atoms.